The number of hydrogen-bond donors (Lipinski definition) is 1. The molecule has 1 aromatic heterocycles. The van der Waals surface area contributed by atoms with Gasteiger partial charge >= 0.3 is 0 Å². The topological polar surface area (TPSA) is 48.7 Å². The van der Waals surface area contributed by atoms with Crippen molar-refractivity contribution in [1.29, 1.82) is 0 Å². The van der Waals surface area contributed by atoms with Crippen molar-refractivity contribution < 1.29 is 18.0 Å². The van der Waals surface area contributed by atoms with E-state index in [1.54, 1.807) is 12.1 Å². The van der Waals surface area contributed by atoms with Crippen molar-refractivity contribution in [3.8, 4) is 0 Å². The summed E-state index contributed by atoms with van der Waals surface area (Å²) in [6.07, 6.45) is 0. The molecule has 8 heteroatoms. The van der Waals surface area contributed by atoms with Crippen LogP contribution < -0.4 is 10.2 Å². The van der Waals surface area contributed by atoms with Gasteiger partial charge < -0.3 is 19.5 Å². The van der Waals surface area contributed by atoms with E-state index in [4.69, 9.17) is 4.42 Å². The highest BCUT2D eigenvalue weighted by Gasteiger charge is 2.20. The Kier molecular flexibility index (Phi) is 7.11. The van der Waals surface area contributed by atoms with Crippen LogP contribution in [0.25, 0.3) is 0 Å². The maximum absolute atomic E-state index is 12.3. The molecule has 0 spiro atoms. The van der Waals surface area contributed by atoms with Crippen molar-refractivity contribution in [2.24, 2.45) is 0 Å². The number of rotatable bonds is 8. The Labute approximate surface area is 161 Å². The predicted octanol–water partition coefficient (Wildman–Crippen LogP) is 3.17. The van der Waals surface area contributed by atoms with Gasteiger partial charge in [0.15, 0.2) is 0 Å². The summed E-state index contributed by atoms with van der Waals surface area (Å²) in [5.74, 6) is -1.05. The number of alkyl halides is 2. The average molecular weight is 395 g/mol. The highest BCUT2D eigenvalue weighted by molar-refractivity contribution is 7.98. The van der Waals surface area contributed by atoms with Crippen LogP contribution in [0.2, 0.25) is 0 Å². The molecule has 0 aliphatic carbocycles. The maximum atomic E-state index is 12.3. The number of anilines is 1. The van der Waals surface area contributed by atoms with Gasteiger partial charge in [0.05, 0.1) is 18.8 Å². The van der Waals surface area contributed by atoms with Gasteiger partial charge in [0.2, 0.25) is 5.91 Å². The molecule has 0 saturated carbocycles. The molecule has 1 amide bonds. The molecular formula is C19H23F2N3O2S. The van der Waals surface area contributed by atoms with Crippen molar-refractivity contribution in [2.45, 2.75) is 18.1 Å². The zero-order chi connectivity index (χ0) is 19.1. The molecule has 1 aliphatic heterocycles. The summed E-state index contributed by atoms with van der Waals surface area (Å²) in [6.45, 7) is 3.66. The third-order valence-electron chi connectivity index (χ3n) is 4.40. The van der Waals surface area contributed by atoms with Crippen LogP contribution in [0.4, 0.5) is 14.5 Å². The van der Waals surface area contributed by atoms with Gasteiger partial charge in [-0.3, -0.25) is 4.79 Å². The molecule has 5 nitrogen and oxygen atoms in total. The first-order valence-corrected chi connectivity index (χ1v) is 9.92. The first-order chi connectivity index (χ1) is 13.1. The van der Waals surface area contributed by atoms with Crippen LogP contribution in [0.15, 0.2) is 46.9 Å². The van der Waals surface area contributed by atoms with E-state index in [0.717, 1.165) is 13.1 Å². The second-order valence-electron chi connectivity index (χ2n) is 6.25. The summed E-state index contributed by atoms with van der Waals surface area (Å²) in [6, 6.07) is 13.6. The Morgan fingerprint density at radius 1 is 1.07 bits per heavy atom. The van der Waals surface area contributed by atoms with Gasteiger partial charge in [-0.2, -0.15) is 8.78 Å². The Bertz CT molecular complexity index is 719. The van der Waals surface area contributed by atoms with E-state index >= 15 is 0 Å². The van der Waals surface area contributed by atoms with E-state index < -0.39 is 5.76 Å². The number of benzene rings is 1. The van der Waals surface area contributed by atoms with Crippen molar-refractivity contribution >= 4 is 23.4 Å². The molecule has 0 atom stereocenters. The molecule has 0 radical (unpaired) electrons. The Balaban J connectivity index is 1.36. The van der Waals surface area contributed by atoms with Gasteiger partial charge in [-0.1, -0.05) is 30.0 Å². The molecule has 27 heavy (non-hydrogen) atoms. The fourth-order valence-corrected chi connectivity index (χ4v) is 3.44. The van der Waals surface area contributed by atoms with Crippen molar-refractivity contribution in [3.63, 3.8) is 0 Å². The standard InChI is InChI=1S/C19H23F2N3O2S/c20-19(21)27-14-17-7-6-16(26-17)12-22-13-18(25)24-10-8-23(9-11-24)15-4-2-1-3-5-15/h1-7,19,22H,8-14H2. The smallest absolute Gasteiger partial charge is 0.284 e. The van der Waals surface area contributed by atoms with E-state index in [1.807, 2.05) is 23.1 Å². The van der Waals surface area contributed by atoms with Crippen LogP contribution in [0.3, 0.4) is 0 Å². The second kappa shape index (κ2) is 9.75. The van der Waals surface area contributed by atoms with Crippen molar-refractivity contribution in [3.05, 3.63) is 54.0 Å². The molecule has 2 heterocycles. The molecule has 0 unspecified atom stereocenters. The van der Waals surface area contributed by atoms with Crippen LogP contribution in [-0.2, 0) is 17.1 Å². The largest absolute Gasteiger partial charge is 0.464 e. The van der Waals surface area contributed by atoms with Crippen LogP contribution in [0.5, 0.6) is 0 Å². The van der Waals surface area contributed by atoms with Crippen molar-refractivity contribution in [1.82, 2.24) is 10.2 Å². The summed E-state index contributed by atoms with van der Waals surface area (Å²) in [5, 5.41) is 3.07. The van der Waals surface area contributed by atoms with Gasteiger partial charge in [-0.15, -0.1) is 0 Å². The van der Waals surface area contributed by atoms with E-state index in [0.29, 0.717) is 42.9 Å². The van der Waals surface area contributed by atoms with Crippen molar-refractivity contribution in [2.75, 3.05) is 37.6 Å². The number of halogens is 2. The average Bonchev–Trinajstić information content (AvgIpc) is 3.15. The number of furan rings is 1. The molecular weight excluding hydrogens is 372 g/mol. The number of para-hydroxylation sites is 1. The van der Waals surface area contributed by atoms with E-state index in [1.165, 1.54) is 5.69 Å². The molecule has 1 aromatic carbocycles. The number of thioether (sulfide) groups is 1. The normalized spacial score (nSPS) is 14.8. The monoisotopic (exact) mass is 395 g/mol. The number of piperazine rings is 1. The zero-order valence-corrected chi connectivity index (χ0v) is 15.8. The number of hydrogen-bond acceptors (Lipinski definition) is 5. The maximum Gasteiger partial charge on any atom is 0.284 e. The van der Waals surface area contributed by atoms with E-state index in [9.17, 15) is 13.6 Å². The minimum Gasteiger partial charge on any atom is -0.464 e. The Morgan fingerprint density at radius 2 is 1.78 bits per heavy atom. The lowest BCUT2D eigenvalue weighted by Gasteiger charge is -2.36. The lowest BCUT2D eigenvalue weighted by atomic mass is 10.2. The summed E-state index contributed by atoms with van der Waals surface area (Å²) in [5.41, 5.74) is 1.18. The fourth-order valence-electron chi connectivity index (χ4n) is 3.00. The van der Waals surface area contributed by atoms with Crippen LogP contribution in [0.1, 0.15) is 11.5 Å². The van der Waals surface area contributed by atoms with Gasteiger partial charge in [0.25, 0.3) is 5.76 Å². The number of amides is 1. The molecule has 1 saturated heterocycles. The van der Waals surface area contributed by atoms with Gasteiger partial charge in [-0.05, 0) is 24.3 Å². The zero-order valence-electron chi connectivity index (χ0n) is 14.9. The SMILES string of the molecule is O=C(CNCc1ccc(CSC(F)F)o1)N1CCN(c2ccccc2)CC1. The Morgan fingerprint density at radius 3 is 2.48 bits per heavy atom. The Hall–Kier alpha value is -2.06. The quantitative estimate of drug-likeness (QED) is 0.744. The molecule has 1 N–H and O–H groups in total. The molecule has 0 bridgehead atoms. The lowest BCUT2D eigenvalue weighted by Crippen LogP contribution is -2.50. The minimum absolute atomic E-state index is 0.0581. The number of nitrogens with one attached hydrogen (secondary N) is 1. The molecule has 146 valence electrons. The molecule has 2 aromatic rings. The first-order valence-electron chi connectivity index (χ1n) is 8.87. The van der Waals surface area contributed by atoms with Gasteiger partial charge in [0, 0.05) is 31.9 Å². The predicted molar refractivity (Wildman–Crippen MR) is 103 cm³/mol. The number of carbonyl (C=O) groups is 1. The summed E-state index contributed by atoms with van der Waals surface area (Å²) in [7, 11) is 0. The highest BCUT2D eigenvalue weighted by atomic mass is 32.2. The van der Waals surface area contributed by atoms with Crippen LogP contribution in [-0.4, -0.2) is 49.3 Å². The van der Waals surface area contributed by atoms with Gasteiger partial charge in [0.1, 0.15) is 11.5 Å². The first kappa shape index (κ1) is 19.7. The fraction of sp³-hybridized carbons (Fsp3) is 0.421. The van der Waals surface area contributed by atoms with Crippen LogP contribution in [0, 0.1) is 0 Å². The molecule has 1 aliphatic rings. The molecule has 3 rings (SSSR count). The summed E-state index contributed by atoms with van der Waals surface area (Å²) < 4.78 is 29.8. The van der Waals surface area contributed by atoms with Crippen LogP contribution >= 0.6 is 11.8 Å². The lowest BCUT2D eigenvalue weighted by molar-refractivity contribution is -0.130. The summed E-state index contributed by atoms with van der Waals surface area (Å²) in [4.78, 5) is 16.5. The molecule has 1 fully saturated rings. The highest BCUT2D eigenvalue weighted by Crippen LogP contribution is 2.21. The van der Waals surface area contributed by atoms with Gasteiger partial charge in [-0.25, -0.2) is 0 Å². The number of carbonyl (C=O) groups excluding carboxylic acids is 1. The third-order valence-corrected chi connectivity index (χ3v) is 5.10. The van der Waals surface area contributed by atoms with E-state index in [-0.39, 0.29) is 18.2 Å². The van der Waals surface area contributed by atoms with E-state index in [2.05, 4.69) is 22.3 Å². The second-order valence-corrected chi connectivity index (χ2v) is 7.22. The minimum atomic E-state index is -2.41. The number of nitrogens with zero attached hydrogens (tertiary/aromatic N) is 2. The summed E-state index contributed by atoms with van der Waals surface area (Å²) >= 11 is 0.531. The third kappa shape index (κ3) is 5.97.